The minimum atomic E-state index is -2.41. The number of ether oxygens (including phenoxy) is 6. The zero-order valence-corrected chi connectivity index (χ0v) is 76.5. The number of carbonyl (C=O) groups excluding carboxylic acids is 4. The van der Waals surface area contributed by atoms with Crippen LogP contribution in [0.4, 0.5) is 22.0 Å². The van der Waals surface area contributed by atoms with Crippen LogP contribution in [0, 0.1) is 29.1 Å². The summed E-state index contributed by atoms with van der Waals surface area (Å²) >= 11 is 74.7. The van der Waals surface area contributed by atoms with Gasteiger partial charge in [-0.25, -0.2) is 32.3 Å². The van der Waals surface area contributed by atoms with Gasteiger partial charge in [0.15, 0.2) is 23.0 Å². The van der Waals surface area contributed by atoms with E-state index in [1.54, 1.807) is 70.4 Å². The molecule has 10 heterocycles. The summed E-state index contributed by atoms with van der Waals surface area (Å²) in [6.45, 7) is 15.1. The lowest BCUT2D eigenvalue weighted by Gasteiger charge is -2.36. The van der Waals surface area contributed by atoms with Gasteiger partial charge < -0.3 is 56.7 Å². The highest BCUT2D eigenvalue weighted by Gasteiger charge is 2.50. The van der Waals surface area contributed by atoms with Crippen LogP contribution in [0.25, 0.3) is 79.0 Å². The summed E-state index contributed by atoms with van der Waals surface area (Å²) in [5.74, 6) is -17.5. The minimum Gasteiger partial charge on any atom is -0.478 e. The standard InChI is InChI=1S/C29H25Cl3N2O5.C25H17Cl3N2O5.C20H9Cl3F5NO4.C14H10Cl3NO4/c1-28(2,3)38-22(35)9-8-16-6-5-7-21-18(16)10-11-34(21)27(36)24-25(23-19(31)12-17(30)13-20(23)32)33-39-26(24)29(4)14-37-15-29;1-25(11-34-12-25)23-21(22(29-35-23)20-16(27)9-14(26)10-17(20)28)24(33)30-8-7-15-13(5-6-19(31)32)3-2-4-18(15)30;1-20(4-31-5-20)18-10(16(29-33-18)9-7(22)2-6(21)3-8(9)23)19(30)32-17-14(27)12(25)11(24)13(26)15(17)28;1-14(4-21-5-14)12-10(13(19)20)11(18-22-12)9-7(16)2-6(15)3-8(9)17/h5-13H,14-15H2,1-4H3;2-10H,11-12H2,1H3,(H,31,32);2-3H,4-5H2,1H3;2-3H,4-5H2,1H3,(H,19,20)/b9-8+;6-5+;;. The first kappa shape index (κ1) is 95.2. The molecule has 4 aliphatic rings. The Bertz CT molecular complexity index is 6710. The molecule has 24 nitrogen and oxygen atoms in total. The number of esters is 2. The number of rotatable bonds is 17. The maximum atomic E-state index is 14.2. The summed E-state index contributed by atoms with van der Waals surface area (Å²) in [6, 6.07) is 26.0. The summed E-state index contributed by atoms with van der Waals surface area (Å²) in [4.78, 5) is 76.2. The van der Waals surface area contributed by atoms with Crippen LogP contribution in [0.15, 0.2) is 140 Å². The van der Waals surface area contributed by atoms with E-state index in [4.69, 9.17) is 186 Å². The van der Waals surface area contributed by atoms with Gasteiger partial charge in [0.25, 0.3) is 11.8 Å². The molecule has 0 radical (unpaired) electrons. The van der Waals surface area contributed by atoms with Crippen molar-refractivity contribution in [3.8, 4) is 50.8 Å². The first-order valence-electron chi connectivity index (χ1n) is 37.9. The van der Waals surface area contributed by atoms with Crippen LogP contribution in [0.2, 0.25) is 60.3 Å². The average Bonchev–Trinajstić information content (AvgIpc) is 1.62. The molecule has 13 aromatic rings. The van der Waals surface area contributed by atoms with Crippen LogP contribution < -0.4 is 4.74 Å². The minimum absolute atomic E-state index is 0.0362. The number of halogens is 17. The maximum absolute atomic E-state index is 14.2. The Morgan fingerprint density at radius 3 is 0.992 bits per heavy atom. The number of aromatic nitrogens is 6. The predicted molar refractivity (Wildman–Crippen MR) is 474 cm³/mol. The van der Waals surface area contributed by atoms with E-state index in [0.29, 0.717) is 99.3 Å². The van der Waals surface area contributed by atoms with Gasteiger partial charge in [-0.15, -0.1) is 0 Å². The normalized spacial score (nSPS) is 15.2. The van der Waals surface area contributed by atoms with E-state index in [0.717, 1.165) is 17.0 Å². The smallest absolute Gasteiger partial charge is 0.349 e. The highest BCUT2D eigenvalue weighted by molar-refractivity contribution is 6.45. The molecular weight excluding hydrogens is 1950 g/mol. The van der Waals surface area contributed by atoms with E-state index < -0.39 is 97.4 Å². The summed E-state index contributed by atoms with van der Waals surface area (Å²) in [5, 5.41) is 38.6. The number of hydrogen-bond acceptors (Lipinski definition) is 20. The fraction of sp³-hybridized carbons (Fsp3) is 0.227. The molecule has 0 amide bonds. The summed E-state index contributed by atoms with van der Waals surface area (Å²) in [5.41, 5.74) is 0.525. The molecular formula is C88H61Cl12F5N6O18. The predicted octanol–water partition coefficient (Wildman–Crippen LogP) is 24.7. The van der Waals surface area contributed by atoms with E-state index in [-0.39, 0.29) is 126 Å². The van der Waals surface area contributed by atoms with Crippen molar-refractivity contribution in [1.29, 1.82) is 0 Å². The van der Waals surface area contributed by atoms with Gasteiger partial charge in [0.1, 0.15) is 50.6 Å². The Labute approximate surface area is 786 Å². The Morgan fingerprint density at radius 1 is 0.411 bits per heavy atom. The highest BCUT2D eigenvalue weighted by atomic mass is 35.5. The summed E-state index contributed by atoms with van der Waals surface area (Å²) in [6.07, 6.45) is 8.86. The van der Waals surface area contributed by atoms with Crippen molar-refractivity contribution in [1.82, 2.24) is 29.8 Å². The third kappa shape index (κ3) is 18.8. The first-order valence-corrected chi connectivity index (χ1v) is 42.4. The summed E-state index contributed by atoms with van der Waals surface area (Å²) < 4.78 is 125. The van der Waals surface area contributed by atoms with Crippen LogP contribution in [-0.4, -0.2) is 134 Å². The number of aromatic carboxylic acids is 1. The number of nitrogens with zero attached hydrogens (tertiary/aromatic N) is 6. The van der Waals surface area contributed by atoms with Crippen molar-refractivity contribution in [2.24, 2.45) is 0 Å². The second-order valence-electron chi connectivity index (χ2n) is 31.8. The SMILES string of the molecule is CC(C)(C)OC(=O)/C=C/c1cccc2c1ccn2C(=O)c1c(-c2c(Cl)cc(Cl)cc2Cl)noc1C1(C)COC1.CC1(c2onc(-c3c(Cl)cc(Cl)cc3Cl)c2C(=O)O)COC1.CC1(c2onc(-c3c(Cl)cc(Cl)cc3Cl)c2C(=O)Oc2c(F)c(F)c(F)c(F)c2F)COC1.CC1(c2onc(-c3c(Cl)cc(Cl)cc3Cl)c2C(=O)n2ccc3c(/C=C/C(=O)O)cccc32)COC1. The topological polar surface area (TPSA) is 312 Å². The van der Waals surface area contributed by atoms with Gasteiger partial charge in [0, 0.05) is 77.7 Å². The van der Waals surface area contributed by atoms with Crippen LogP contribution in [-0.2, 0) is 54.9 Å². The number of fused-ring (bicyclic) bond motifs is 2. The molecule has 0 saturated carbocycles. The molecule has 4 saturated heterocycles. The molecule has 0 bridgehead atoms. The highest BCUT2D eigenvalue weighted by Crippen LogP contribution is 2.50. The van der Waals surface area contributed by atoms with Gasteiger partial charge in [-0.3, -0.25) is 18.7 Å². The van der Waals surface area contributed by atoms with Gasteiger partial charge in [0.05, 0.1) is 126 Å². The number of aliphatic carboxylic acids is 1. The van der Waals surface area contributed by atoms with Crippen molar-refractivity contribution in [2.45, 2.75) is 75.7 Å². The van der Waals surface area contributed by atoms with E-state index in [1.165, 1.54) is 69.8 Å². The quantitative estimate of drug-likeness (QED) is 0.0214. The molecule has 670 valence electrons. The van der Waals surface area contributed by atoms with Crippen molar-refractivity contribution in [2.75, 3.05) is 52.9 Å². The lowest BCUT2D eigenvalue weighted by Crippen LogP contribution is -2.44. The summed E-state index contributed by atoms with van der Waals surface area (Å²) in [7, 11) is 0. The van der Waals surface area contributed by atoms with E-state index >= 15 is 0 Å². The molecule has 2 N–H and O–H groups in total. The van der Waals surface area contributed by atoms with E-state index in [2.05, 4.69) is 25.4 Å². The lowest BCUT2D eigenvalue weighted by atomic mass is 9.82. The fourth-order valence-corrected chi connectivity index (χ4v) is 18.2. The number of carboxylic acids is 2. The molecule has 41 heteroatoms. The molecule has 0 spiro atoms. The zero-order chi connectivity index (χ0) is 93.3. The molecule has 7 aromatic carbocycles. The molecule has 0 atom stereocenters. The Kier molecular flexibility index (Phi) is 27.6. The monoisotopic (exact) mass is 2000 g/mol. The number of carbonyl (C=O) groups is 6. The fourth-order valence-electron chi connectivity index (χ4n) is 14.2. The first-order chi connectivity index (χ1) is 60.9. The van der Waals surface area contributed by atoms with E-state index in [1.807, 2.05) is 45.0 Å². The number of hydrogen-bond donors (Lipinski definition) is 2. The largest absolute Gasteiger partial charge is 0.478 e. The van der Waals surface area contributed by atoms with Crippen molar-refractivity contribution in [3.05, 3.63) is 267 Å². The maximum Gasteiger partial charge on any atom is 0.349 e. The second-order valence-corrected chi connectivity index (χ2v) is 36.8. The molecule has 129 heavy (non-hydrogen) atoms. The van der Waals surface area contributed by atoms with Gasteiger partial charge in [-0.2, -0.15) is 8.78 Å². The third-order valence-corrected chi connectivity index (χ3v) is 24.0. The average molecular weight is 2010 g/mol. The zero-order valence-electron chi connectivity index (χ0n) is 67.4. The lowest BCUT2D eigenvalue weighted by molar-refractivity contribution is -0.148. The second kappa shape index (κ2) is 37.4. The molecule has 17 rings (SSSR count). The number of carboxylic acid groups (broad SMARTS) is 2. The van der Waals surface area contributed by atoms with Gasteiger partial charge in [0.2, 0.25) is 34.8 Å². The molecule has 4 fully saturated rings. The van der Waals surface area contributed by atoms with Gasteiger partial charge >= 0.3 is 23.9 Å². The van der Waals surface area contributed by atoms with Crippen molar-refractivity contribution >= 4 is 209 Å². The Morgan fingerprint density at radius 2 is 0.698 bits per heavy atom. The van der Waals surface area contributed by atoms with Crippen LogP contribution >= 0.6 is 139 Å². The Hall–Kier alpha value is -9.87. The molecule has 0 unspecified atom stereocenters. The van der Waals surface area contributed by atoms with Crippen molar-refractivity contribution < 1.29 is 107 Å². The number of benzene rings is 7. The Balaban J connectivity index is 0.000000141. The third-order valence-electron chi connectivity index (χ3n) is 20.7. The van der Waals surface area contributed by atoms with Crippen LogP contribution in [0.3, 0.4) is 0 Å². The molecule has 4 aliphatic heterocycles. The van der Waals surface area contributed by atoms with Crippen LogP contribution in [0.1, 0.15) is 124 Å². The van der Waals surface area contributed by atoms with E-state index in [9.17, 15) is 55.8 Å². The van der Waals surface area contributed by atoms with Gasteiger partial charge in [-0.05, 0) is 145 Å². The van der Waals surface area contributed by atoms with Crippen LogP contribution in [0.5, 0.6) is 5.75 Å². The molecule has 0 aliphatic carbocycles. The molecule has 6 aromatic heterocycles. The van der Waals surface area contributed by atoms with Gasteiger partial charge in [-0.1, -0.05) is 184 Å². The van der Waals surface area contributed by atoms with Crippen molar-refractivity contribution in [3.63, 3.8) is 0 Å².